The van der Waals surface area contributed by atoms with E-state index in [9.17, 15) is 5.11 Å². The van der Waals surface area contributed by atoms with Crippen LogP contribution in [0.3, 0.4) is 0 Å². The molecule has 0 amide bonds. The number of nitrogens with one attached hydrogen (secondary N) is 1. The van der Waals surface area contributed by atoms with E-state index in [1.807, 2.05) is 6.07 Å². The number of hydrogen-bond acceptors (Lipinski definition) is 2. The van der Waals surface area contributed by atoms with Crippen molar-refractivity contribution >= 4 is 11.6 Å². The van der Waals surface area contributed by atoms with Gasteiger partial charge < -0.3 is 10.4 Å². The van der Waals surface area contributed by atoms with Crippen LogP contribution in [0.15, 0.2) is 18.2 Å². The minimum Gasteiger partial charge on any atom is -0.506 e. The highest BCUT2D eigenvalue weighted by Crippen LogP contribution is 2.23. The first kappa shape index (κ1) is 13.3. The standard InChI is InChI=1S/C13H20ClNO/c1-2-3-4-5-8-15-10-11-6-7-13(16)12(14)9-11/h6-7,9,15-16H,2-5,8,10H2,1H3. The molecule has 1 aromatic carbocycles. The molecule has 1 aromatic rings. The molecule has 0 aromatic heterocycles. The van der Waals surface area contributed by atoms with E-state index in [2.05, 4.69) is 12.2 Å². The number of halogens is 1. The molecule has 0 saturated heterocycles. The van der Waals surface area contributed by atoms with Crippen LogP contribution < -0.4 is 5.32 Å². The zero-order chi connectivity index (χ0) is 11.8. The Balaban J connectivity index is 2.19. The van der Waals surface area contributed by atoms with Gasteiger partial charge in [-0.15, -0.1) is 0 Å². The van der Waals surface area contributed by atoms with Gasteiger partial charge >= 0.3 is 0 Å². The third kappa shape index (κ3) is 4.86. The van der Waals surface area contributed by atoms with Crippen molar-refractivity contribution in [1.29, 1.82) is 0 Å². The zero-order valence-electron chi connectivity index (χ0n) is 9.80. The van der Waals surface area contributed by atoms with Crippen molar-refractivity contribution in [2.45, 2.75) is 39.2 Å². The Bertz CT molecular complexity index is 315. The molecular formula is C13H20ClNO. The Morgan fingerprint density at radius 3 is 2.75 bits per heavy atom. The van der Waals surface area contributed by atoms with Crippen LogP contribution in [0.2, 0.25) is 5.02 Å². The summed E-state index contributed by atoms with van der Waals surface area (Å²) in [5.74, 6) is 0.147. The van der Waals surface area contributed by atoms with Crippen LogP contribution in [-0.4, -0.2) is 11.7 Å². The molecule has 0 unspecified atom stereocenters. The fourth-order valence-electron chi connectivity index (χ4n) is 1.57. The summed E-state index contributed by atoms with van der Waals surface area (Å²) in [5.41, 5.74) is 1.11. The van der Waals surface area contributed by atoms with E-state index in [0.29, 0.717) is 5.02 Å². The summed E-state index contributed by atoms with van der Waals surface area (Å²) < 4.78 is 0. The number of benzene rings is 1. The average molecular weight is 242 g/mol. The number of aromatic hydroxyl groups is 1. The van der Waals surface area contributed by atoms with Gasteiger partial charge in [0, 0.05) is 6.54 Å². The zero-order valence-corrected chi connectivity index (χ0v) is 10.6. The predicted octanol–water partition coefficient (Wildman–Crippen LogP) is 3.72. The van der Waals surface area contributed by atoms with Crippen LogP contribution in [0.4, 0.5) is 0 Å². The monoisotopic (exact) mass is 241 g/mol. The highest BCUT2D eigenvalue weighted by Gasteiger charge is 1.99. The Kier molecular flexibility index (Phi) is 6.27. The molecule has 90 valence electrons. The molecule has 2 N–H and O–H groups in total. The Morgan fingerprint density at radius 2 is 2.06 bits per heavy atom. The molecule has 0 saturated carbocycles. The molecule has 3 heteroatoms. The normalized spacial score (nSPS) is 10.6. The minimum atomic E-state index is 0.147. The van der Waals surface area contributed by atoms with Gasteiger partial charge in [0.25, 0.3) is 0 Å². The number of phenols is 1. The van der Waals surface area contributed by atoms with Crippen molar-refractivity contribution in [2.75, 3.05) is 6.54 Å². The molecule has 0 heterocycles. The molecule has 0 bridgehead atoms. The van der Waals surface area contributed by atoms with E-state index in [-0.39, 0.29) is 5.75 Å². The summed E-state index contributed by atoms with van der Waals surface area (Å²) in [7, 11) is 0. The van der Waals surface area contributed by atoms with Gasteiger partial charge in [-0.25, -0.2) is 0 Å². The molecule has 16 heavy (non-hydrogen) atoms. The van der Waals surface area contributed by atoms with E-state index >= 15 is 0 Å². The number of hydrogen-bond donors (Lipinski definition) is 2. The summed E-state index contributed by atoms with van der Waals surface area (Å²) in [6.45, 7) is 4.07. The van der Waals surface area contributed by atoms with Crippen molar-refractivity contribution in [3.63, 3.8) is 0 Å². The van der Waals surface area contributed by atoms with Crippen LogP contribution >= 0.6 is 11.6 Å². The lowest BCUT2D eigenvalue weighted by atomic mass is 10.2. The van der Waals surface area contributed by atoms with Gasteiger partial charge in [-0.2, -0.15) is 0 Å². The van der Waals surface area contributed by atoms with Crippen LogP contribution in [0.1, 0.15) is 38.2 Å². The maximum atomic E-state index is 9.26. The smallest absolute Gasteiger partial charge is 0.134 e. The molecule has 0 radical (unpaired) electrons. The fourth-order valence-corrected chi connectivity index (χ4v) is 1.77. The highest BCUT2D eigenvalue weighted by atomic mass is 35.5. The number of phenolic OH excluding ortho intramolecular Hbond substituents is 1. The van der Waals surface area contributed by atoms with E-state index in [0.717, 1.165) is 18.7 Å². The first-order valence-corrected chi connectivity index (χ1v) is 6.30. The Labute approximate surface area is 103 Å². The van der Waals surface area contributed by atoms with Crippen LogP contribution in [0, 0.1) is 0 Å². The number of unbranched alkanes of at least 4 members (excludes halogenated alkanes) is 3. The van der Waals surface area contributed by atoms with Gasteiger partial charge in [-0.1, -0.05) is 43.9 Å². The lowest BCUT2D eigenvalue weighted by Crippen LogP contribution is -2.14. The van der Waals surface area contributed by atoms with Gasteiger partial charge in [-0.05, 0) is 30.7 Å². The van der Waals surface area contributed by atoms with E-state index in [1.54, 1.807) is 12.1 Å². The predicted molar refractivity (Wildman–Crippen MR) is 69.0 cm³/mol. The van der Waals surface area contributed by atoms with Gasteiger partial charge in [0.2, 0.25) is 0 Å². The average Bonchev–Trinajstić information content (AvgIpc) is 2.28. The van der Waals surface area contributed by atoms with E-state index < -0.39 is 0 Å². The highest BCUT2D eigenvalue weighted by molar-refractivity contribution is 6.32. The first-order chi connectivity index (χ1) is 7.74. The molecule has 0 spiro atoms. The van der Waals surface area contributed by atoms with E-state index in [4.69, 9.17) is 11.6 Å². The maximum Gasteiger partial charge on any atom is 0.134 e. The Hall–Kier alpha value is -0.730. The molecule has 1 rings (SSSR count). The first-order valence-electron chi connectivity index (χ1n) is 5.92. The van der Waals surface area contributed by atoms with Crippen LogP contribution in [0.5, 0.6) is 5.75 Å². The second-order valence-electron chi connectivity index (χ2n) is 4.02. The fraction of sp³-hybridized carbons (Fsp3) is 0.538. The lowest BCUT2D eigenvalue weighted by molar-refractivity contribution is 0.475. The van der Waals surface area contributed by atoms with Crippen LogP contribution in [-0.2, 0) is 6.54 Å². The maximum absolute atomic E-state index is 9.26. The largest absolute Gasteiger partial charge is 0.506 e. The molecule has 2 nitrogen and oxygen atoms in total. The summed E-state index contributed by atoms with van der Waals surface area (Å²) in [6, 6.07) is 5.33. The van der Waals surface area contributed by atoms with Crippen molar-refractivity contribution in [3.8, 4) is 5.75 Å². The van der Waals surface area contributed by atoms with Gasteiger partial charge in [0.05, 0.1) is 5.02 Å². The topological polar surface area (TPSA) is 32.3 Å². The third-order valence-corrected chi connectivity index (χ3v) is 2.85. The van der Waals surface area contributed by atoms with Crippen molar-refractivity contribution in [1.82, 2.24) is 5.32 Å². The molecular weight excluding hydrogens is 222 g/mol. The van der Waals surface area contributed by atoms with Crippen molar-refractivity contribution in [2.24, 2.45) is 0 Å². The third-order valence-electron chi connectivity index (χ3n) is 2.55. The number of rotatable bonds is 7. The summed E-state index contributed by atoms with van der Waals surface area (Å²) in [6.07, 6.45) is 5.10. The van der Waals surface area contributed by atoms with Crippen molar-refractivity contribution in [3.05, 3.63) is 28.8 Å². The van der Waals surface area contributed by atoms with Crippen LogP contribution in [0.25, 0.3) is 0 Å². The Morgan fingerprint density at radius 1 is 1.25 bits per heavy atom. The summed E-state index contributed by atoms with van der Waals surface area (Å²) in [4.78, 5) is 0. The summed E-state index contributed by atoms with van der Waals surface area (Å²) in [5, 5.41) is 13.0. The molecule has 0 aliphatic heterocycles. The SMILES string of the molecule is CCCCCCNCc1ccc(O)c(Cl)c1. The molecule has 0 atom stereocenters. The molecule has 0 fully saturated rings. The quantitative estimate of drug-likeness (QED) is 0.714. The van der Waals surface area contributed by atoms with Gasteiger partial charge in [0.15, 0.2) is 0 Å². The van der Waals surface area contributed by atoms with E-state index in [1.165, 1.54) is 25.7 Å². The second-order valence-corrected chi connectivity index (χ2v) is 4.43. The molecule has 0 aliphatic carbocycles. The minimum absolute atomic E-state index is 0.147. The molecule has 0 aliphatic rings. The van der Waals surface area contributed by atoms with Gasteiger partial charge in [0.1, 0.15) is 5.75 Å². The lowest BCUT2D eigenvalue weighted by Gasteiger charge is -2.05. The summed E-state index contributed by atoms with van der Waals surface area (Å²) >= 11 is 5.82. The van der Waals surface area contributed by atoms with Crippen molar-refractivity contribution < 1.29 is 5.11 Å². The second kappa shape index (κ2) is 7.53. The van der Waals surface area contributed by atoms with Gasteiger partial charge in [-0.3, -0.25) is 0 Å².